The Labute approximate surface area is 105 Å². The Hall–Kier alpha value is -1.98. The van der Waals surface area contributed by atoms with Crippen LogP contribution in [0.15, 0.2) is 6.33 Å². The third kappa shape index (κ3) is 2.32. The van der Waals surface area contributed by atoms with Gasteiger partial charge in [-0.05, 0) is 6.42 Å². The van der Waals surface area contributed by atoms with Crippen molar-refractivity contribution in [1.82, 2.24) is 19.7 Å². The highest BCUT2D eigenvalue weighted by Crippen LogP contribution is 2.19. The van der Waals surface area contributed by atoms with E-state index < -0.39 is 0 Å². The van der Waals surface area contributed by atoms with Crippen molar-refractivity contribution in [2.75, 3.05) is 0 Å². The summed E-state index contributed by atoms with van der Waals surface area (Å²) in [6.45, 7) is 3.63. The maximum atomic E-state index is 10.9. The Morgan fingerprint density at radius 3 is 2.89 bits per heavy atom. The zero-order valence-electron chi connectivity index (χ0n) is 10.8. The standard InChI is InChI=1S/C12H16N4O2/c1-4-5-9-10(6-18-8(2)17)14-15-12-11(9)13-7-16(12)3/h7H,4-6H2,1-3H3. The number of carbonyl (C=O) groups excluding carboxylic acids is 1. The first kappa shape index (κ1) is 12.5. The van der Waals surface area contributed by atoms with E-state index in [4.69, 9.17) is 4.74 Å². The zero-order chi connectivity index (χ0) is 13.1. The number of fused-ring (bicyclic) bond motifs is 1. The van der Waals surface area contributed by atoms with Crippen LogP contribution in [0.3, 0.4) is 0 Å². The highest BCUT2D eigenvalue weighted by molar-refractivity contribution is 5.75. The van der Waals surface area contributed by atoms with Crippen LogP contribution in [-0.2, 0) is 29.6 Å². The average molecular weight is 248 g/mol. The lowest BCUT2D eigenvalue weighted by atomic mass is 10.1. The molecule has 0 aliphatic carbocycles. The number of rotatable bonds is 4. The van der Waals surface area contributed by atoms with Gasteiger partial charge < -0.3 is 9.30 Å². The molecule has 2 rings (SSSR count). The van der Waals surface area contributed by atoms with Gasteiger partial charge in [-0.3, -0.25) is 4.79 Å². The number of imidazole rings is 1. The second-order valence-corrected chi connectivity index (χ2v) is 4.18. The Balaban J connectivity index is 2.45. The summed E-state index contributed by atoms with van der Waals surface area (Å²) in [4.78, 5) is 15.2. The maximum Gasteiger partial charge on any atom is 0.303 e. The minimum absolute atomic E-state index is 0.157. The van der Waals surface area contributed by atoms with Crippen molar-refractivity contribution in [1.29, 1.82) is 0 Å². The van der Waals surface area contributed by atoms with Crippen molar-refractivity contribution in [2.45, 2.75) is 33.3 Å². The van der Waals surface area contributed by atoms with Gasteiger partial charge in [-0.1, -0.05) is 13.3 Å². The number of aromatic nitrogens is 4. The van der Waals surface area contributed by atoms with Gasteiger partial charge in [-0.25, -0.2) is 4.98 Å². The summed E-state index contributed by atoms with van der Waals surface area (Å²) < 4.78 is 6.83. The van der Waals surface area contributed by atoms with Gasteiger partial charge in [-0.2, -0.15) is 0 Å². The van der Waals surface area contributed by atoms with Crippen LogP contribution >= 0.6 is 0 Å². The summed E-state index contributed by atoms with van der Waals surface area (Å²) in [6.07, 6.45) is 3.54. The third-order valence-electron chi connectivity index (χ3n) is 2.72. The first-order valence-corrected chi connectivity index (χ1v) is 5.92. The van der Waals surface area contributed by atoms with Crippen molar-refractivity contribution in [3.05, 3.63) is 17.6 Å². The average Bonchev–Trinajstić information content (AvgIpc) is 2.70. The maximum absolute atomic E-state index is 10.9. The van der Waals surface area contributed by atoms with Gasteiger partial charge in [0.05, 0.1) is 6.33 Å². The molecule has 18 heavy (non-hydrogen) atoms. The molecule has 6 nitrogen and oxygen atoms in total. The lowest BCUT2D eigenvalue weighted by molar-refractivity contribution is -0.142. The van der Waals surface area contributed by atoms with Crippen molar-refractivity contribution in [3.63, 3.8) is 0 Å². The van der Waals surface area contributed by atoms with E-state index >= 15 is 0 Å². The SMILES string of the molecule is CCCc1c(COC(C)=O)nnc2c1ncn2C. The van der Waals surface area contributed by atoms with Crippen molar-refractivity contribution < 1.29 is 9.53 Å². The summed E-state index contributed by atoms with van der Waals surface area (Å²) in [5.41, 5.74) is 3.31. The van der Waals surface area contributed by atoms with E-state index in [9.17, 15) is 4.79 Å². The molecular formula is C12H16N4O2. The van der Waals surface area contributed by atoms with E-state index in [1.807, 2.05) is 11.6 Å². The van der Waals surface area contributed by atoms with Gasteiger partial charge in [0.25, 0.3) is 0 Å². The van der Waals surface area contributed by atoms with Gasteiger partial charge >= 0.3 is 5.97 Å². The van der Waals surface area contributed by atoms with Crippen LogP contribution in [0.25, 0.3) is 11.2 Å². The van der Waals surface area contributed by atoms with Crippen molar-refractivity contribution >= 4 is 17.1 Å². The number of carbonyl (C=O) groups is 1. The van der Waals surface area contributed by atoms with Crippen LogP contribution in [-0.4, -0.2) is 25.7 Å². The van der Waals surface area contributed by atoms with Crippen molar-refractivity contribution in [2.24, 2.45) is 7.05 Å². The monoisotopic (exact) mass is 248 g/mol. The lowest BCUT2D eigenvalue weighted by Gasteiger charge is -2.07. The van der Waals surface area contributed by atoms with Crippen LogP contribution in [0.4, 0.5) is 0 Å². The van der Waals surface area contributed by atoms with Crippen LogP contribution in [0, 0.1) is 0 Å². The molecule has 0 saturated heterocycles. The Morgan fingerprint density at radius 1 is 1.44 bits per heavy atom. The van der Waals surface area contributed by atoms with E-state index in [-0.39, 0.29) is 12.6 Å². The van der Waals surface area contributed by atoms with Crippen molar-refractivity contribution in [3.8, 4) is 0 Å². The molecule has 96 valence electrons. The molecule has 2 heterocycles. The highest BCUT2D eigenvalue weighted by atomic mass is 16.5. The topological polar surface area (TPSA) is 69.9 Å². The molecule has 0 fully saturated rings. The fourth-order valence-corrected chi connectivity index (χ4v) is 1.86. The van der Waals surface area contributed by atoms with Crippen LogP contribution < -0.4 is 0 Å². The second-order valence-electron chi connectivity index (χ2n) is 4.18. The van der Waals surface area contributed by atoms with E-state index in [1.165, 1.54) is 6.92 Å². The largest absolute Gasteiger partial charge is 0.459 e. The Kier molecular flexibility index (Phi) is 3.55. The second kappa shape index (κ2) is 5.12. The number of hydrogen-bond acceptors (Lipinski definition) is 5. The smallest absolute Gasteiger partial charge is 0.303 e. The molecule has 0 radical (unpaired) electrons. The minimum Gasteiger partial charge on any atom is -0.459 e. The molecule has 0 N–H and O–H groups in total. The predicted octanol–water partition coefficient (Wildman–Crippen LogP) is 1.38. The van der Waals surface area contributed by atoms with E-state index in [0.717, 1.165) is 29.6 Å². The summed E-state index contributed by atoms with van der Waals surface area (Å²) in [7, 11) is 1.88. The molecule has 0 amide bonds. The number of ether oxygens (including phenoxy) is 1. The van der Waals surface area contributed by atoms with E-state index in [0.29, 0.717) is 5.69 Å². The molecule has 0 saturated carbocycles. The fraction of sp³-hybridized carbons (Fsp3) is 0.500. The Bertz CT molecular complexity index is 577. The zero-order valence-corrected chi connectivity index (χ0v) is 10.8. The molecule has 0 atom stereocenters. The number of esters is 1. The number of aryl methyl sites for hydroxylation is 2. The highest BCUT2D eigenvalue weighted by Gasteiger charge is 2.14. The van der Waals surface area contributed by atoms with Crippen LogP contribution in [0.1, 0.15) is 31.5 Å². The third-order valence-corrected chi connectivity index (χ3v) is 2.72. The minimum atomic E-state index is -0.319. The fourth-order valence-electron chi connectivity index (χ4n) is 1.86. The van der Waals surface area contributed by atoms with Gasteiger partial charge in [-0.15, -0.1) is 10.2 Å². The summed E-state index contributed by atoms with van der Waals surface area (Å²) in [6, 6.07) is 0. The first-order chi connectivity index (χ1) is 8.63. The van der Waals surface area contributed by atoms with Gasteiger partial charge in [0.15, 0.2) is 5.65 Å². The molecule has 0 aliphatic heterocycles. The molecule has 0 aromatic carbocycles. The molecule has 2 aromatic heterocycles. The normalized spacial score (nSPS) is 10.8. The molecule has 0 aliphatic rings. The predicted molar refractivity (Wildman–Crippen MR) is 65.8 cm³/mol. The van der Waals surface area contributed by atoms with E-state index in [1.54, 1.807) is 6.33 Å². The summed E-state index contributed by atoms with van der Waals surface area (Å²) in [5, 5.41) is 8.26. The van der Waals surface area contributed by atoms with Gasteiger partial charge in [0, 0.05) is 19.5 Å². The molecule has 6 heteroatoms. The molecule has 0 bridgehead atoms. The first-order valence-electron chi connectivity index (χ1n) is 5.92. The number of nitrogens with zero attached hydrogens (tertiary/aromatic N) is 4. The van der Waals surface area contributed by atoms with E-state index in [2.05, 4.69) is 22.1 Å². The van der Waals surface area contributed by atoms with Gasteiger partial charge in [0.2, 0.25) is 0 Å². The quantitative estimate of drug-likeness (QED) is 0.764. The summed E-state index contributed by atoms with van der Waals surface area (Å²) in [5.74, 6) is -0.319. The molecular weight excluding hydrogens is 232 g/mol. The molecule has 0 spiro atoms. The van der Waals surface area contributed by atoms with Gasteiger partial charge in [0.1, 0.15) is 17.8 Å². The number of hydrogen-bond donors (Lipinski definition) is 0. The Morgan fingerprint density at radius 2 is 2.22 bits per heavy atom. The van der Waals surface area contributed by atoms with Crippen LogP contribution in [0.2, 0.25) is 0 Å². The molecule has 0 unspecified atom stereocenters. The molecule has 2 aromatic rings. The van der Waals surface area contributed by atoms with Crippen LogP contribution in [0.5, 0.6) is 0 Å². The lowest BCUT2D eigenvalue weighted by Crippen LogP contribution is -2.07. The summed E-state index contributed by atoms with van der Waals surface area (Å²) >= 11 is 0.